The number of aromatic nitrogens is 2. The molecule has 150 valence electrons. The van der Waals surface area contributed by atoms with Crippen LogP contribution < -0.4 is 5.32 Å². The minimum atomic E-state index is 0.0717. The molecule has 3 heterocycles. The van der Waals surface area contributed by atoms with E-state index in [0.29, 0.717) is 23.9 Å². The lowest BCUT2D eigenvalue weighted by Crippen LogP contribution is -2.42. The van der Waals surface area contributed by atoms with Gasteiger partial charge in [-0.15, -0.1) is 0 Å². The first-order valence-corrected chi connectivity index (χ1v) is 10.9. The van der Waals surface area contributed by atoms with Gasteiger partial charge >= 0.3 is 0 Å². The van der Waals surface area contributed by atoms with Crippen LogP contribution in [0.15, 0.2) is 12.3 Å². The van der Waals surface area contributed by atoms with Crippen LogP contribution in [0, 0.1) is 5.92 Å². The number of amides is 1. The molecular weight excluding hydrogens is 340 g/mol. The van der Waals surface area contributed by atoms with Crippen molar-refractivity contribution in [3.8, 4) is 0 Å². The predicted octanol–water partition coefficient (Wildman–Crippen LogP) is 3.01. The molecule has 6 nitrogen and oxygen atoms in total. The molecule has 4 rings (SSSR count). The van der Waals surface area contributed by atoms with Crippen LogP contribution in [0.25, 0.3) is 0 Å². The zero-order valence-electron chi connectivity index (χ0n) is 16.6. The lowest BCUT2D eigenvalue weighted by atomic mass is 9.88. The number of nitrogens with one attached hydrogen (secondary N) is 1. The smallest absolute Gasteiger partial charge is 0.274 e. The molecule has 3 aliphatic rings. The van der Waals surface area contributed by atoms with E-state index in [2.05, 4.69) is 17.3 Å². The summed E-state index contributed by atoms with van der Waals surface area (Å²) in [6.45, 7) is 5.93. The summed E-state index contributed by atoms with van der Waals surface area (Å²) in [5, 5.41) is 7.99. The molecule has 2 saturated heterocycles. The molecule has 1 unspecified atom stereocenters. The van der Waals surface area contributed by atoms with Gasteiger partial charge in [-0.3, -0.25) is 9.48 Å². The first kappa shape index (κ1) is 18.9. The molecule has 1 aliphatic carbocycles. The zero-order chi connectivity index (χ0) is 18.6. The first-order chi connectivity index (χ1) is 13.2. The summed E-state index contributed by atoms with van der Waals surface area (Å²) < 4.78 is 8.30. The molecule has 3 fully saturated rings. The van der Waals surface area contributed by atoms with Crippen LogP contribution in [-0.4, -0.2) is 59.0 Å². The fraction of sp³-hybridized carbons (Fsp3) is 0.810. The maximum absolute atomic E-state index is 12.8. The van der Waals surface area contributed by atoms with E-state index < -0.39 is 0 Å². The molecule has 0 spiro atoms. The normalized spacial score (nSPS) is 30.4. The highest BCUT2D eigenvalue weighted by atomic mass is 16.5. The van der Waals surface area contributed by atoms with E-state index in [1.165, 1.54) is 32.1 Å². The van der Waals surface area contributed by atoms with Gasteiger partial charge in [0.2, 0.25) is 0 Å². The van der Waals surface area contributed by atoms with Crippen LogP contribution in [0.1, 0.15) is 74.8 Å². The predicted molar refractivity (Wildman–Crippen MR) is 105 cm³/mol. The van der Waals surface area contributed by atoms with E-state index in [0.717, 1.165) is 51.4 Å². The van der Waals surface area contributed by atoms with Gasteiger partial charge in [0, 0.05) is 25.8 Å². The Balaban J connectivity index is 1.25. The fourth-order valence-corrected chi connectivity index (χ4v) is 4.71. The van der Waals surface area contributed by atoms with Crippen LogP contribution in [0.3, 0.4) is 0 Å². The number of ether oxygens (including phenoxy) is 1. The second-order valence-corrected chi connectivity index (χ2v) is 8.69. The maximum Gasteiger partial charge on any atom is 0.274 e. The molecule has 1 aromatic heterocycles. The van der Waals surface area contributed by atoms with Crippen molar-refractivity contribution in [1.29, 1.82) is 0 Å². The SMILES string of the molecule is CC1CCC(OC2CCN(C(=O)c3ccn(C4CCCNC4)n3)CC2)CC1. The van der Waals surface area contributed by atoms with Crippen molar-refractivity contribution >= 4 is 5.91 Å². The molecule has 0 radical (unpaired) electrons. The molecule has 6 heteroatoms. The van der Waals surface area contributed by atoms with E-state index >= 15 is 0 Å². The third-order valence-electron chi connectivity index (χ3n) is 6.55. The Morgan fingerprint density at radius 1 is 1.11 bits per heavy atom. The highest BCUT2D eigenvalue weighted by Gasteiger charge is 2.28. The minimum absolute atomic E-state index is 0.0717. The second kappa shape index (κ2) is 8.74. The summed E-state index contributed by atoms with van der Waals surface area (Å²) >= 11 is 0. The van der Waals surface area contributed by atoms with Gasteiger partial charge in [0.15, 0.2) is 0 Å². The topological polar surface area (TPSA) is 59.4 Å². The number of rotatable bonds is 4. The summed E-state index contributed by atoms with van der Waals surface area (Å²) in [7, 11) is 0. The third kappa shape index (κ3) is 4.72. The maximum atomic E-state index is 12.8. The standard InChI is InChI=1S/C21H34N4O2/c1-16-4-6-18(7-5-16)27-19-8-12-24(13-9-19)21(26)20-10-14-25(23-20)17-3-2-11-22-15-17/h10,14,16-19,22H,2-9,11-13,15H2,1H3. The summed E-state index contributed by atoms with van der Waals surface area (Å²) in [4.78, 5) is 14.8. The summed E-state index contributed by atoms with van der Waals surface area (Å²) in [6, 6.07) is 2.25. The van der Waals surface area contributed by atoms with Crippen LogP contribution in [-0.2, 0) is 4.74 Å². The highest BCUT2D eigenvalue weighted by Crippen LogP contribution is 2.28. The quantitative estimate of drug-likeness (QED) is 0.880. The van der Waals surface area contributed by atoms with E-state index in [-0.39, 0.29) is 5.91 Å². The van der Waals surface area contributed by atoms with Crippen molar-refractivity contribution in [3.63, 3.8) is 0 Å². The van der Waals surface area contributed by atoms with Crippen LogP contribution >= 0.6 is 0 Å². The third-order valence-corrected chi connectivity index (χ3v) is 6.55. The van der Waals surface area contributed by atoms with Gasteiger partial charge in [0.05, 0.1) is 18.2 Å². The summed E-state index contributed by atoms with van der Waals surface area (Å²) in [5.41, 5.74) is 0.584. The van der Waals surface area contributed by atoms with Gasteiger partial charge in [-0.05, 0) is 69.9 Å². The summed E-state index contributed by atoms with van der Waals surface area (Å²) in [5.74, 6) is 0.927. The average molecular weight is 375 g/mol. The largest absolute Gasteiger partial charge is 0.375 e. The highest BCUT2D eigenvalue weighted by molar-refractivity contribution is 5.92. The number of carbonyl (C=O) groups is 1. The van der Waals surface area contributed by atoms with Crippen molar-refractivity contribution in [2.24, 2.45) is 5.92 Å². The first-order valence-electron chi connectivity index (χ1n) is 10.9. The Morgan fingerprint density at radius 2 is 1.85 bits per heavy atom. The van der Waals surface area contributed by atoms with Crippen LogP contribution in [0.2, 0.25) is 0 Å². The van der Waals surface area contributed by atoms with E-state index in [1.807, 2.05) is 21.8 Å². The lowest BCUT2D eigenvalue weighted by Gasteiger charge is -2.35. The van der Waals surface area contributed by atoms with E-state index in [9.17, 15) is 4.79 Å². The summed E-state index contributed by atoms with van der Waals surface area (Å²) in [6.07, 6.45) is 11.9. The van der Waals surface area contributed by atoms with Gasteiger partial charge in [0.1, 0.15) is 5.69 Å². The number of nitrogens with zero attached hydrogens (tertiary/aromatic N) is 3. The average Bonchev–Trinajstić information content (AvgIpc) is 3.21. The minimum Gasteiger partial charge on any atom is -0.375 e. The van der Waals surface area contributed by atoms with Gasteiger partial charge in [0.25, 0.3) is 5.91 Å². The van der Waals surface area contributed by atoms with Crippen molar-refractivity contribution < 1.29 is 9.53 Å². The van der Waals surface area contributed by atoms with Gasteiger partial charge < -0.3 is 15.0 Å². The number of carbonyl (C=O) groups excluding carboxylic acids is 1. The Labute approximate surface area is 162 Å². The Hall–Kier alpha value is -1.40. The number of piperidine rings is 2. The molecule has 0 bridgehead atoms. The van der Waals surface area contributed by atoms with Crippen molar-refractivity contribution in [3.05, 3.63) is 18.0 Å². The molecule has 1 N–H and O–H groups in total. The monoisotopic (exact) mass is 374 g/mol. The zero-order valence-corrected chi connectivity index (χ0v) is 16.6. The number of hydrogen-bond donors (Lipinski definition) is 1. The second-order valence-electron chi connectivity index (χ2n) is 8.69. The lowest BCUT2D eigenvalue weighted by molar-refractivity contribution is -0.0571. The Kier molecular flexibility index (Phi) is 6.13. The molecule has 1 aromatic rings. The molecule has 1 atom stereocenters. The van der Waals surface area contributed by atoms with Crippen molar-refractivity contribution in [2.75, 3.05) is 26.2 Å². The molecule has 2 aliphatic heterocycles. The van der Waals surface area contributed by atoms with Crippen LogP contribution in [0.5, 0.6) is 0 Å². The number of likely N-dealkylation sites (tertiary alicyclic amines) is 1. The molecular formula is C21H34N4O2. The van der Waals surface area contributed by atoms with Gasteiger partial charge in [-0.25, -0.2) is 0 Å². The Bertz CT molecular complexity index is 609. The van der Waals surface area contributed by atoms with Gasteiger partial charge in [-0.2, -0.15) is 5.10 Å². The molecule has 0 aromatic carbocycles. The molecule has 1 amide bonds. The Morgan fingerprint density at radius 3 is 2.56 bits per heavy atom. The van der Waals surface area contributed by atoms with Crippen LogP contribution in [0.4, 0.5) is 0 Å². The molecule has 1 saturated carbocycles. The fourth-order valence-electron chi connectivity index (χ4n) is 4.71. The van der Waals surface area contributed by atoms with Crippen molar-refractivity contribution in [2.45, 2.75) is 76.5 Å². The number of hydrogen-bond acceptors (Lipinski definition) is 4. The van der Waals surface area contributed by atoms with E-state index in [1.54, 1.807) is 0 Å². The van der Waals surface area contributed by atoms with Gasteiger partial charge in [-0.1, -0.05) is 6.92 Å². The molecule has 27 heavy (non-hydrogen) atoms. The van der Waals surface area contributed by atoms with E-state index in [4.69, 9.17) is 4.74 Å². The van der Waals surface area contributed by atoms with Crippen molar-refractivity contribution in [1.82, 2.24) is 20.0 Å².